The van der Waals surface area contributed by atoms with Crippen LogP contribution in [0.1, 0.15) is 16.7 Å². The second-order valence-corrected chi connectivity index (χ2v) is 8.00. The van der Waals surface area contributed by atoms with Crippen LogP contribution in [0.25, 0.3) is 6.08 Å². The number of ether oxygens (including phenoxy) is 1. The number of nitrogens with zero attached hydrogens (tertiary/aromatic N) is 2. The number of benzene rings is 3. The van der Waals surface area contributed by atoms with Crippen molar-refractivity contribution >= 4 is 34.6 Å². The van der Waals surface area contributed by atoms with Crippen molar-refractivity contribution in [3.63, 3.8) is 0 Å². The number of rotatable bonds is 5. The van der Waals surface area contributed by atoms with Crippen molar-refractivity contribution in [2.75, 3.05) is 12.0 Å². The lowest BCUT2D eigenvalue weighted by Crippen LogP contribution is -2.30. The van der Waals surface area contributed by atoms with Crippen LogP contribution in [-0.4, -0.2) is 18.2 Å². The summed E-state index contributed by atoms with van der Waals surface area (Å²) in [6.07, 6.45) is 1.76. The highest BCUT2D eigenvalue weighted by molar-refractivity contribution is 8.13. The number of carbonyl (C=O) groups is 1. The molecule has 0 radical (unpaired) electrons. The standard InChI is InChI=1S/C25H21FN2O2S/c1-17-8-13-23(30-2)19(14-17)16-31-25-27-22(15-18-6-4-3-5-7-18)24(29)28(25)21-11-9-20(26)10-12-21/h3-15H,16H2,1-2H3/b22-15-. The Bertz CT molecular complexity index is 1160. The Morgan fingerprint density at radius 3 is 2.52 bits per heavy atom. The molecule has 156 valence electrons. The van der Waals surface area contributed by atoms with Gasteiger partial charge in [-0.1, -0.05) is 59.8 Å². The predicted octanol–water partition coefficient (Wildman–Crippen LogP) is 5.82. The molecule has 0 unspecified atom stereocenters. The van der Waals surface area contributed by atoms with E-state index in [1.54, 1.807) is 25.3 Å². The van der Waals surface area contributed by atoms with Crippen molar-refractivity contribution in [3.8, 4) is 5.75 Å². The van der Waals surface area contributed by atoms with Gasteiger partial charge in [0.2, 0.25) is 0 Å². The molecular formula is C25H21FN2O2S. The average molecular weight is 433 g/mol. The fraction of sp³-hybridized carbons (Fsp3) is 0.120. The van der Waals surface area contributed by atoms with E-state index in [2.05, 4.69) is 11.1 Å². The van der Waals surface area contributed by atoms with Crippen LogP contribution < -0.4 is 9.64 Å². The van der Waals surface area contributed by atoms with E-state index in [1.807, 2.05) is 49.4 Å². The van der Waals surface area contributed by atoms with Crippen LogP contribution in [0.15, 0.2) is 83.5 Å². The van der Waals surface area contributed by atoms with Gasteiger partial charge in [-0.15, -0.1) is 0 Å². The summed E-state index contributed by atoms with van der Waals surface area (Å²) in [6.45, 7) is 2.02. The lowest BCUT2D eigenvalue weighted by Gasteiger charge is -2.18. The van der Waals surface area contributed by atoms with Crippen LogP contribution in [0.2, 0.25) is 0 Å². The van der Waals surface area contributed by atoms with Crippen LogP contribution in [-0.2, 0) is 10.5 Å². The van der Waals surface area contributed by atoms with Gasteiger partial charge in [0.1, 0.15) is 17.3 Å². The van der Waals surface area contributed by atoms with E-state index >= 15 is 0 Å². The molecule has 4 rings (SSSR count). The molecule has 0 aliphatic carbocycles. The zero-order chi connectivity index (χ0) is 21.8. The smallest absolute Gasteiger partial charge is 0.283 e. The van der Waals surface area contributed by atoms with Gasteiger partial charge >= 0.3 is 0 Å². The van der Waals surface area contributed by atoms with Gasteiger partial charge in [0.05, 0.1) is 12.8 Å². The van der Waals surface area contributed by atoms with Crippen molar-refractivity contribution in [3.05, 3.63) is 101 Å². The Labute approximate surface area is 185 Å². The molecule has 0 atom stereocenters. The van der Waals surface area contributed by atoms with E-state index in [0.29, 0.717) is 22.3 Å². The highest BCUT2D eigenvalue weighted by Gasteiger charge is 2.32. The van der Waals surface area contributed by atoms with Crippen LogP contribution in [0.3, 0.4) is 0 Å². The maximum absolute atomic E-state index is 13.5. The van der Waals surface area contributed by atoms with Crippen molar-refractivity contribution in [2.24, 2.45) is 4.99 Å². The van der Waals surface area contributed by atoms with Crippen molar-refractivity contribution in [2.45, 2.75) is 12.7 Å². The maximum Gasteiger partial charge on any atom is 0.283 e. The Kier molecular flexibility index (Phi) is 6.18. The van der Waals surface area contributed by atoms with E-state index in [9.17, 15) is 9.18 Å². The highest BCUT2D eigenvalue weighted by atomic mass is 32.2. The molecule has 0 saturated heterocycles. The molecule has 31 heavy (non-hydrogen) atoms. The van der Waals surface area contributed by atoms with Gasteiger partial charge in [-0.25, -0.2) is 9.38 Å². The Hall–Kier alpha value is -3.38. The molecule has 0 spiro atoms. The highest BCUT2D eigenvalue weighted by Crippen LogP contribution is 2.32. The van der Waals surface area contributed by atoms with E-state index in [4.69, 9.17) is 4.74 Å². The summed E-state index contributed by atoms with van der Waals surface area (Å²) >= 11 is 1.44. The van der Waals surface area contributed by atoms with Crippen LogP contribution in [0.5, 0.6) is 5.75 Å². The quantitative estimate of drug-likeness (QED) is 0.477. The van der Waals surface area contributed by atoms with Crippen molar-refractivity contribution in [1.29, 1.82) is 0 Å². The molecule has 1 heterocycles. The summed E-state index contributed by atoms with van der Waals surface area (Å²) in [5.74, 6) is 0.768. The third-order valence-electron chi connectivity index (χ3n) is 4.81. The monoisotopic (exact) mass is 432 g/mol. The number of amidine groups is 1. The molecular weight excluding hydrogens is 411 g/mol. The number of thioether (sulfide) groups is 1. The van der Waals surface area contributed by atoms with Crippen LogP contribution in [0.4, 0.5) is 10.1 Å². The molecule has 0 N–H and O–H groups in total. The van der Waals surface area contributed by atoms with Gasteiger partial charge in [0, 0.05) is 11.3 Å². The number of carbonyl (C=O) groups excluding carboxylic acids is 1. The number of aliphatic imine (C=N–C) groups is 1. The molecule has 4 nitrogen and oxygen atoms in total. The van der Waals surface area contributed by atoms with Crippen molar-refractivity contribution in [1.82, 2.24) is 0 Å². The topological polar surface area (TPSA) is 41.9 Å². The molecule has 3 aromatic carbocycles. The Morgan fingerprint density at radius 1 is 1.06 bits per heavy atom. The van der Waals surface area contributed by atoms with Crippen LogP contribution >= 0.6 is 11.8 Å². The fourth-order valence-corrected chi connectivity index (χ4v) is 4.27. The zero-order valence-corrected chi connectivity index (χ0v) is 18.0. The minimum absolute atomic E-state index is 0.242. The van der Waals surface area contributed by atoms with Crippen LogP contribution in [0, 0.1) is 12.7 Å². The number of aryl methyl sites for hydroxylation is 1. The van der Waals surface area contributed by atoms with E-state index in [1.165, 1.54) is 28.8 Å². The van der Waals surface area contributed by atoms with Gasteiger partial charge in [0.15, 0.2) is 5.17 Å². The lowest BCUT2D eigenvalue weighted by molar-refractivity contribution is -0.113. The largest absolute Gasteiger partial charge is 0.496 e. The second-order valence-electron chi connectivity index (χ2n) is 7.06. The summed E-state index contributed by atoms with van der Waals surface area (Å²) in [6, 6.07) is 21.4. The zero-order valence-electron chi connectivity index (χ0n) is 17.2. The van der Waals surface area contributed by atoms with E-state index in [-0.39, 0.29) is 11.7 Å². The van der Waals surface area contributed by atoms with Gasteiger partial charge in [-0.2, -0.15) is 0 Å². The summed E-state index contributed by atoms with van der Waals surface area (Å²) in [4.78, 5) is 19.4. The normalized spacial score (nSPS) is 14.8. The SMILES string of the molecule is COc1ccc(C)cc1CSC1=N/C(=C\c2ccccc2)C(=O)N1c1ccc(F)cc1. The first-order valence-corrected chi connectivity index (χ1v) is 10.8. The Morgan fingerprint density at radius 2 is 1.81 bits per heavy atom. The summed E-state index contributed by atoms with van der Waals surface area (Å²) < 4.78 is 18.9. The van der Waals surface area contributed by atoms with Crippen molar-refractivity contribution < 1.29 is 13.9 Å². The second kappa shape index (κ2) is 9.18. The molecule has 0 bridgehead atoms. The average Bonchev–Trinajstić information content (AvgIpc) is 3.08. The first-order valence-electron chi connectivity index (χ1n) is 9.77. The predicted molar refractivity (Wildman–Crippen MR) is 125 cm³/mol. The van der Waals surface area contributed by atoms with Gasteiger partial charge in [0.25, 0.3) is 5.91 Å². The molecule has 0 fully saturated rings. The minimum atomic E-state index is -0.355. The van der Waals surface area contributed by atoms with E-state index < -0.39 is 0 Å². The number of hydrogen-bond donors (Lipinski definition) is 0. The first-order chi connectivity index (χ1) is 15.0. The number of hydrogen-bond acceptors (Lipinski definition) is 4. The fourth-order valence-electron chi connectivity index (χ4n) is 3.28. The molecule has 0 saturated carbocycles. The number of halogens is 1. The van der Waals surface area contributed by atoms with Gasteiger partial charge in [-0.05, 0) is 48.9 Å². The number of amides is 1. The minimum Gasteiger partial charge on any atom is -0.496 e. The Balaban J connectivity index is 1.68. The third kappa shape index (κ3) is 4.70. The first kappa shape index (κ1) is 20.9. The summed E-state index contributed by atoms with van der Waals surface area (Å²) in [5, 5.41) is 0.544. The number of anilines is 1. The third-order valence-corrected chi connectivity index (χ3v) is 5.80. The van der Waals surface area contributed by atoms with Gasteiger partial charge in [-0.3, -0.25) is 9.69 Å². The molecule has 1 aliphatic rings. The maximum atomic E-state index is 13.5. The molecule has 3 aromatic rings. The lowest BCUT2D eigenvalue weighted by atomic mass is 10.1. The molecule has 0 aromatic heterocycles. The number of methoxy groups -OCH3 is 1. The van der Waals surface area contributed by atoms with E-state index in [0.717, 1.165) is 22.4 Å². The summed E-state index contributed by atoms with van der Waals surface area (Å²) in [7, 11) is 1.64. The molecule has 1 aliphatic heterocycles. The summed E-state index contributed by atoms with van der Waals surface area (Å²) in [5.41, 5.74) is 3.95. The van der Waals surface area contributed by atoms with Gasteiger partial charge < -0.3 is 4.74 Å². The molecule has 6 heteroatoms. The molecule has 1 amide bonds.